The third-order valence-electron chi connectivity index (χ3n) is 4.27. The van der Waals surface area contributed by atoms with Gasteiger partial charge in [-0.15, -0.1) is 0 Å². The molecule has 1 aliphatic heterocycles. The first-order chi connectivity index (χ1) is 9.78. The molecule has 1 aromatic carbocycles. The Morgan fingerprint density at radius 3 is 2.70 bits per heavy atom. The van der Waals surface area contributed by atoms with Gasteiger partial charge in [0.05, 0.1) is 12.1 Å². The summed E-state index contributed by atoms with van der Waals surface area (Å²) in [7, 11) is 0. The minimum absolute atomic E-state index is 0.0861. The number of hydrogen-bond acceptors (Lipinski definition) is 2. The predicted molar refractivity (Wildman–Crippen MR) is 83.6 cm³/mol. The molecule has 2 rings (SSSR count). The second-order valence-electron chi connectivity index (χ2n) is 5.48. The molecule has 2 nitrogen and oxygen atoms in total. The van der Waals surface area contributed by atoms with Gasteiger partial charge in [0.25, 0.3) is 0 Å². The van der Waals surface area contributed by atoms with Crippen molar-refractivity contribution in [2.45, 2.75) is 51.2 Å². The molecule has 0 spiro atoms. The Kier molecular flexibility index (Phi) is 5.64. The van der Waals surface area contributed by atoms with E-state index < -0.39 is 0 Å². The molecule has 1 fully saturated rings. The minimum atomic E-state index is 0.0861. The summed E-state index contributed by atoms with van der Waals surface area (Å²) in [6.45, 7) is 6.07. The molecule has 1 heterocycles. The third kappa shape index (κ3) is 4.10. The van der Waals surface area contributed by atoms with Crippen LogP contribution in [-0.2, 0) is 4.74 Å². The molecule has 1 N–H and O–H groups in total. The summed E-state index contributed by atoms with van der Waals surface area (Å²) < 4.78 is 5.99. The second-order valence-corrected chi connectivity index (χ2v) is 5.48. The lowest BCUT2D eigenvalue weighted by atomic mass is 9.86. The fourth-order valence-electron chi connectivity index (χ4n) is 2.81. The van der Waals surface area contributed by atoms with Gasteiger partial charge in [0.2, 0.25) is 0 Å². The highest BCUT2D eigenvalue weighted by Gasteiger charge is 2.33. The molecule has 0 radical (unpaired) electrons. The van der Waals surface area contributed by atoms with E-state index in [2.05, 4.69) is 31.0 Å². The van der Waals surface area contributed by atoms with Gasteiger partial charge in [-0.25, -0.2) is 0 Å². The summed E-state index contributed by atoms with van der Waals surface area (Å²) in [4.78, 5) is 0. The Bertz CT molecular complexity index is 453. The van der Waals surface area contributed by atoms with E-state index in [0.717, 1.165) is 44.4 Å². The first-order valence-corrected chi connectivity index (χ1v) is 7.69. The van der Waals surface area contributed by atoms with Crippen LogP contribution in [0, 0.1) is 11.8 Å². The molecule has 1 atom stereocenters. The molecule has 0 amide bonds. The predicted octanol–water partition coefficient (Wildman–Crippen LogP) is 3.37. The van der Waals surface area contributed by atoms with Crippen molar-refractivity contribution in [3.8, 4) is 11.8 Å². The van der Waals surface area contributed by atoms with Crippen molar-refractivity contribution in [2.24, 2.45) is 0 Å². The first-order valence-electron chi connectivity index (χ1n) is 7.69. The van der Waals surface area contributed by atoms with Crippen LogP contribution in [0.15, 0.2) is 30.3 Å². The minimum Gasteiger partial charge on any atom is -0.375 e. The molecule has 1 unspecified atom stereocenters. The van der Waals surface area contributed by atoms with Gasteiger partial charge in [-0.05, 0) is 37.8 Å². The van der Waals surface area contributed by atoms with Crippen molar-refractivity contribution in [1.29, 1.82) is 0 Å². The van der Waals surface area contributed by atoms with Crippen LogP contribution in [0.4, 0.5) is 0 Å². The molecule has 0 saturated carbocycles. The van der Waals surface area contributed by atoms with E-state index in [1.165, 1.54) is 0 Å². The molecular formula is C18H25NO. The Hall–Kier alpha value is -1.30. The van der Waals surface area contributed by atoms with Crippen LogP contribution >= 0.6 is 0 Å². The smallest absolute Gasteiger partial charge is 0.0692 e. The lowest BCUT2D eigenvalue weighted by Crippen LogP contribution is -2.46. The van der Waals surface area contributed by atoms with Gasteiger partial charge in [-0.2, -0.15) is 0 Å². The highest BCUT2D eigenvalue weighted by molar-refractivity contribution is 5.33. The number of hydrogen-bond donors (Lipinski definition) is 1. The molecule has 0 aromatic heterocycles. The van der Waals surface area contributed by atoms with E-state index in [1.54, 1.807) is 0 Å². The van der Waals surface area contributed by atoms with E-state index >= 15 is 0 Å². The fourth-order valence-corrected chi connectivity index (χ4v) is 2.81. The summed E-state index contributed by atoms with van der Waals surface area (Å²) in [6, 6.07) is 10.7. The van der Waals surface area contributed by atoms with Gasteiger partial charge in [0.1, 0.15) is 0 Å². The Balaban J connectivity index is 1.81. The summed E-state index contributed by atoms with van der Waals surface area (Å²) in [5.74, 6) is 6.40. The van der Waals surface area contributed by atoms with Gasteiger partial charge < -0.3 is 10.1 Å². The summed E-state index contributed by atoms with van der Waals surface area (Å²) in [5.41, 5.74) is 1.17. The largest absolute Gasteiger partial charge is 0.375 e. The molecule has 1 aliphatic rings. The van der Waals surface area contributed by atoms with Crippen LogP contribution in [0.1, 0.15) is 45.1 Å². The standard InChI is InChI=1S/C18H25NO/c1-3-18(4-2)15-17(12-14-20-18)19-13-8-11-16-9-6-5-7-10-16/h5-7,9-10,17,19H,3-4,12-15H2,1-2H3. The maximum atomic E-state index is 5.99. The quantitative estimate of drug-likeness (QED) is 0.848. The summed E-state index contributed by atoms with van der Waals surface area (Å²) >= 11 is 0. The zero-order valence-corrected chi connectivity index (χ0v) is 12.6. The molecule has 1 aromatic rings. The van der Waals surface area contributed by atoms with Crippen LogP contribution in [0.25, 0.3) is 0 Å². The zero-order chi connectivity index (χ0) is 14.3. The van der Waals surface area contributed by atoms with Gasteiger partial charge in [-0.3, -0.25) is 0 Å². The molecule has 0 aliphatic carbocycles. The third-order valence-corrected chi connectivity index (χ3v) is 4.27. The first kappa shape index (κ1) is 15.1. The lowest BCUT2D eigenvalue weighted by Gasteiger charge is -2.40. The highest BCUT2D eigenvalue weighted by atomic mass is 16.5. The number of nitrogens with one attached hydrogen (secondary N) is 1. The molecule has 0 bridgehead atoms. The van der Waals surface area contributed by atoms with Crippen molar-refractivity contribution >= 4 is 0 Å². The Morgan fingerprint density at radius 2 is 2.00 bits per heavy atom. The Morgan fingerprint density at radius 1 is 1.25 bits per heavy atom. The zero-order valence-electron chi connectivity index (χ0n) is 12.6. The van der Waals surface area contributed by atoms with E-state index in [4.69, 9.17) is 4.74 Å². The maximum Gasteiger partial charge on any atom is 0.0692 e. The summed E-state index contributed by atoms with van der Waals surface area (Å²) in [5, 5.41) is 3.56. The van der Waals surface area contributed by atoms with Gasteiger partial charge >= 0.3 is 0 Å². The lowest BCUT2D eigenvalue weighted by molar-refractivity contribution is -0.0926. The average molecular weight is 271 g/mol. The van der Waals surface area contributed by atoms with Crippen molar-refractivity contribution < 1.29 is 4.74 Å². The number of benzene rings is 1. The number of ether oxygens (including phenoxy) is 1. The normalized spacial score (nSPS) is 21.0. The van der Waals surface area contributed by atoms with Crippen molar-refractivity contribution in [3.63, 3.8) is 0 Å². The van der Waals surface area contributed by atoms with Crippen LogP contribution in [0.3, 0.4) is 0 Å². The SMILES string of the molecule is CCC1(CC)CC(NCC#Cc2ccccc2)CCO1. The number of rotatable bonds is 4. The molecule has 108 valence electrons. The second kappa shape index (κ2) is 7.47. The topological polar surface area (TPSA) is 21.3 Å². The highest BCUT2D eigenvalue weighted by Crippen LogP contribution is 2.31. The fraction of sp³-hybridized carbons (Fsp3) is 0.556. The van der Waals surface area contributed by atoms with Gasteiger partial charge in [0.15, 0.2) is 0 Å². The van der Waals surface area contributed by atoms with Gasteiger partial charge in [0, 0.05) is 18.2 Å². The van der Waals surface area contributed by atoms with E-state index in [1.807, 2.05) is 30.3 Å². The van der Waals surface area contributed by atoms with Crippen molar-refractivity contribution in [2.75, 3.05) is 13.2 Å². The van der Waals surface area contributed by atoms with Crippen molar-refractivity contribution in [1.82, 2.24) is 5.32 Å². The Labute approximate surface area is 122 Å². The average Bonchev–Trinajstić information content (AvgIpc) is 2.53. The van der Waals surface area contributed by atoms with Crippen LogP contribution < -0.4 is 5.32 Å². The molecule has 1 saturated heterocycles. The van der Waals surface area contributed by atoms with Crippen molar-refractivity contribution in [3.05, 3.63) is 35.9 Å². The molecular weight excluding hydrogens is 246 g/mol. The monoisotopic (exact) mass is 271 g/mol. The molecule has 2 heteroatoms. The van der Waals surface area contributed by atoms with Crippen LogP contribution in [0.5, 0.6) is 0 Å². The molecule has 20 heavy (non-hydrogen) atoms. The van der Waals surface area contributed by atoms with Crippen LogP contribution in [-0.4, -0.2) is 24.8 Å². The van der Waals surface area contributed by atoms with E-state index in [9.17, 15) is 0 Å². The summed E-state index contributed by atoms with van der Waals surface area (Å²) in [6.07, 6.45) is 4.39. The van der Waals surface area contributed by atoms with Gasteiger partial charge in [-0.1, -0.05) is 43.9 Å². The van der Waals surface area contributed by atoms with E-state index in [0.29, 0.717) is 6.04 Å². The maximum absolute atomic E-state index is 5.99. The van der Waals surface area contributed by atoms with E-state index in [-0.39, 0.29) is 5.60 Å². The van der Waals surface area contributed by atoms with Crippen LogP contribution in [0.2, 0.25) is 0 Å².